The second-order valence-electron chi connectivity index (χ2n) is 8.68. The van der Waals surface area contributed by atoms with Crippen LogP contribution in [0.25, 0.3) is 0 Å². The minimum Gasteiger partial charge on any atom is -0.380 e. The van der Waals surface area contributed by atoms with Gasteiger partial charge >= 0.3 is 0 Å². The predicted molar refractivity (Wildman–Crippen MR) is 124 cm³/mol. The first-order valence-electron chi connectivity index (χ1n) is 10.2. The second-order valence-corrected chi connectivity index (χ2v) is 9.74. The summed E-state index contributed by atoms with van der Waals surface area (Å²) < 4.78 is 5.86. The van der Waals surface area contributed by atoms with Crippen molar-refractivity contribution in [2.45, 2.75) is 25.2 Å². The second kappa shape index (κ2) is 9.21. The Kier molecular flexibility index (Phi) is 7.30. The number of nitrogens with zero attached hydrogens (tertiary/aromatic N) is 2. The molecule has 1 aromatic carbocycles. The Bertz CT molecular complexity index is 782. The lowest BCUT2D eigenvalue weighted by atomic mass is 9.70. The van der Waals surface area contributed by atoms with Gasteiger partial charge < -0.3 is 15.0 Å². The molecule has 0 aliphatic carbocycles. The van der Waals surface area contributed by atoms with E-state index >= 15 is 0 Å². The van der Waals surface area contributed by atoms with Crippen LogP contribution in [0.5, 0.6) is 0 Å². The van der Waals surface area contributed by atoms with Gasteiger partial charge in [-0.15, -0.1) is 36.2 Å². The Morgan fingerprint density at radius 3 is 2.66 bits per heavy atom. The molecular weight excluding hydrogens is 425 g/mol. The Balaban J connectivity index is 0.00000120. The molecule has 3 saturated heterocycles. The first-order chi connectivity index (χ1) is 13.2. The molecule has 0 spiro atoms. The maximum absolute atomic E-state index is 5.86. The third kappa shape index (κ3) is 4.10. The van der Waals surface area contributed by atoms with Gasteiger partial charge in [0.25, 0.3) is 0 Å². The van der Waals surface area contributed by atoms with E-state index in [2.05, 4.69) is 52.9 Å². The number of benzene rings is 1. The number of ether oxygens (including phenoxy) is 1. The lowest BCUT2D eigenvalue weighted by molar-refractivity contribution is 0.0880. The highest BCUT2D eigenvalue weighted by Gasteiger charge is 2.49. The highest BCUT2D eigenvalue weighted by molar-refractivity contribution is 7.09. The summed E-state index contributed by atoms with van der Waals surface area (Å²) in [7, 11) is 0. The molecule has 3 aliphatic rings. The van der Waals surface area contributed by atoms with Crippen LogP contribution < -0.4 is 5.32 Å². The van der Waals surface area contributed by atoms with Crippen LogP contribution in [0.4, 0.5) is 0 Å². The Hall–Kier alpha value is -0.690. The zero-order valence-electron chi connectivity index (χ0n) is 16.9. The molecule has 1 N–H and O–H groups in total. The molecule has 3 fully saturated rings. The van der Waals surface area contributed by atoms with Crippen LogP contribution in [0.3, 0.4) is 0 Å². The Morgan fingerprint density at radius 1 is 1.21 bits per heavy atom. The predicted octanol–water partition coefficient (Wildman–Crippen LogP) is 3.91. The molecule has 0 saturated carbocycles. The van der Waals surface area contributed by atoms with Crippen LogP contribution >= 0.6 is 36.2 Å². The minimum absolute atomic E-state index is 0. The fraction of sp³-hybridized carbons (Fsp3) is 0.591. The summed E-state index contributed by atoms with van der Waals surface area (Å²) in [4.78, 5) is 7.62. The number of fused-ring (bicyclic) bond motifs is 1. The number of halogens is 2. The van der Waals surface area contributed by atoms with Gasteiger partial charge in [-0.2, -0.15) is 0 Å². The van der Waals surface area contributed by atoms with Gasteiger partial charge in [-0.1, -0.05) is 30.3 Å². The first-order valence-corrected chi connectivity index (χ1v) is 11.1. The van der Waals surface area contributed by atoms with Crippen LogP contribution in [0, 0.1) is 18.3 Å². The maximum Gasteiger partial charge on any atom is 0.0897 e. The average molecular weight is 456 g/mol. The van der Waals surface area contributed by atoms with E-state index in [0.29, 0.717) is 11.3 Å². The number of piperidine rings is 1. The van der Waals surface area contributed by atoms with Gasteiger partial charge in [0.05, 0.1) is 23.9 Å². The molecule has 1 aromatic heterocycles. The zero-order chi connectivity index (χ0) is 18.3. The number of hydrogen-bond acceptors (Lipinski definition) is 5. The number of aromatic nitrogens is 1. The summed E-state index contributed by atoms with van der Waals surface area (Å²) in [6, 6.07) is 11.1. The highest BCUT2D eigenvalue weighted by Crippen LogP contribution is 2.44. The number of hydrogen-bond donors (Lipinski definition) is 1. The van der Waals surface area contributed by atoms with Crippen molar-refractivity contribution in [1.82, 2.24) is 15.2 Å². The standard InChI is InChI=1S/C22H29N3OS.2ClH/c1-17-24-20(13-27-17)22(18-5-3-2-4-6-18)7-9-25(10-8-22)15-21-14-23-11-19(21)12-26-16-21;;/h2-6,13,19,23H,7-12,14-16H2,1H3;2*1H/t19-,21-;;/m0../s1. The molecule has 3 aliphatic heterocycles. The summed E-state index contributed by atoms with van der Waals surface area (Å²) in [5.41, 5.74) is 3.11. The molecule has 0 unspecified atom stereocenters. The lowest BCUT2D eigenvalue weighted by Gasteiger charge is -2.44. The first kappa shape index (κ1) is 23.0. The van der Waals surface area contributed by atoms with E-state index in [1.165, 1.54) is 22.8 Å². The molecule has 2 atom stereocenters. The number of rotatable bonds is 4. The normalized spacial score (nSPS) is 28.4. The third-order valence-electron chi connectivity index (χ3n) is 7.13. The van der Waals surface area contributed by atoms with E-state index in [1.54, 1.807) is 11.3 Å². The van der Waals surface area contributed by atoms with Gasteiger partial charge in [0.15, 0.2) is 0 Å². The number of likely N-dealkylation sites (tertiary alicyclic amines) is 1. The van der Waals surface area contributed by atoms with Gasteiger partial charge in [-0.3, -0.25) is 0 Å². The summed E-state index contributed by atoms with van der Waals surface area (Å²) >= 11 is 1.78. The van der Waals surface area contributed by atoms with Crippen LogP contribution in [0.1, 0.15) is 29.1 Å². The summed E-state index contributed by atoms with van der Waals surface area (Å²) in [5, 5.41) is 7.07. The van der Waals surface area contributed by atoms with E-state index in [0.717, 1.165) is 52.2 Å². The van der Waals surface area contributed by atoms with Crippen molar-refractivity contribution in [1.29, 1.82) is 0 Å². The van der Waals surface area contributed by atoms with E-state index in [9.17, 15) is 0 Å². The van der Waals surface area contributed by atoms with Gasteiger partial charge in [-0.05, 0) is 38.4 Å². The molecule has 5 rings (SSSR count). The van der Waals surface area contributed by atoms with Crippen molar-refractivity contribution >= 4 is 36.2 Å². The molecule has 7 heteroatoms. The van der Waals surface area contributed by atoms with Crippen LogP contribution in [0.15, 0.2) is 35.7 Å². The van der Waals surface area contributed by atoms with Gasteiger partial charge in [0.1, 0.15) is 0 Å². The molecule has 2 aromatic rings. The molecule has 0 amide bonds. The van der Waals surface area contributed by atoms with Crippen molar-refractivity contribution in [3.8, 4) is 0 Å². The molecule has 29 heavy (non-hydrogen) atoms. The fourth-order valence-electron chi connectivity index (χ4n) is 5.47. The highest BCUT2D eigenvalue weighted by atomic mass is 35.5. The van der Waals surface area contributed by atoms with Crippen LogP contribution in [0.2, 0.25) is 0 Å². The molecule has 0 radical (unpaired) electrons. The van der Waals surface area contributed by atoms with Crippen molar-refractivity contribution in [3.05, 3.63) is 52.0 Å². The third-order valence-corrected chi connectivity index (χ3v) is 7.90. The average Bonchev–Trinajstić information content (AvgIpc) is 3.39. The fourth-order valence-corrected chi connectivity index (χ4v) is 6.18. The van der Waals surface area contributed by atoms with Crippen molar-refractivity contribution < 1.29 is 4.74 Å². The molecule has 160 valence electrons. The molecule has 4 nitrogen and oxygen atoms in total. The largest absolute Gasteiger partial charge is 0.380 e. The summed E-state index contributed by atoms with van der Waals surface area (Å²) in [6.45, 7) is 9.67. The maximum atomic E-state index is 5.86. The van der Waals surface area contributed by atoms with Crippen molar-refractivity contribution in [3.63, 3.8) is 0 Å². The smallest absolute Gasteiger partial charge is 0.0897 e. The van der Waals surface area contributed by atoms with E-state index in [4.69, 9.17) is 9.72 Å². The number of aryl methyl sites for hydroxylation is 1. The molecular formula is C22H31Cl2N3OS. The minimum atomic E-state index is 0. The van der Waals surface area contributed by atoms with Gasteiger partial charge in [-0.25, -0.2) is 4.98 Å². The van der Waals surface area contributed by atoms with Crippen molar-refractivity contribution in [2.75, 3.05) is 45.9 Å². The topological polar surface area (TPSA) is 37.4 Å². The summed E-state index contributed by atoms with van der Waals surface area (Å²) in [5.74, 6) is 0.694. The van der Waals surface area contributed by atoms with Gasteiger partial charge in [0.2, 0.25) is 0 Å². The lowest BCUT2D eigenvalue weighted by Crippen LogP contribution is -2.49. The number of thiazole rings is 1. The van der Waals surface area contributed by atoms with Gasteiger partial charge in [0, 0.05) is 41.8 Å². The van der Waals surface area contributed by atoms with E-state index in [1.807, 2.05) is 0 Å². The van der Waals surface area contributed by atoms with E-state index < -0.39 is 0 Å². The Morgan fingerprint density at radius 2 is 1.97 bits per heavy atom. The zero-order valence-corrected chi connectivity index (χ0v) is 19.4. The van der Waals surface area contributed by atoms with Crippen LogP contribution in [-0.4, -0.2) is 55.8 Å². The quantitative estimate of drug-likeness (QED) is 0.757. The SMILES string of the molecule is Cc1nc(C2(c3ccccc3)CCN(C[C@]34CNC[C@H]3COC4)CC2)cs1.Cl.Cl. The Labute approximate surface area is 190 Å². The molecule has 4 heterocycles. The van der Waals surface area contributed by atoms with E-state index in [-0.39, 0.29) is 30.2 Å². The summed E-state index contributed by atoms with van der Waals surface area (Å²) in [6.07, 6.45) is 2.30. The molecule has 0 bridgehead atoms. The number of nitrogens with one attached hydrogen (secondary N) is 1. The van der Waals surface area contributed by atoms with Crippen LogP contribution in [-0.2, 0) is 10.2 Å². The monoisotopic (exact) mass is 455 g/mol. The van der Waals surface area contributed by atoms with Crippen molar-refractivity contribution in [2.24, 2.45) is 11.3 Å².